The molecule has 0 aliphatic heterocycles. The van der Waals surface area contributed by atoms with E-state index in [0.29, 0.717) is 5.39 Å². The van der Waals surface area contributed by atoms with Gasteiger partial charge in [0.25, 0.3) is 0 Å². The molecule has 0 aliphatic rings. The van der Waals surface area contributed by atoms with Crippen LogP contribution in [0.3, 0.4) is 0 Å². The fourth-order valence-corrected chi connectivity index (χ4v) is 1.84. The fraction of sp³-hybridized carbons (Fsp3) is 0.100. The van der Waals surface area contributed by atoms with E-state index >= 15 is 0 Å². The van der Waals surface area contributed by atoms with Gasteiger partial charge in [0.2, 0.25) is 0 Å². The second-order valence-electron chi connectivity index (χ2n) is 3.10. The van der Waals surface area contributed by atoms with Crippen LogP contribution >= 0.6 is 23.2 Å². The van der Waals surface area contributed by atoms with Gasteiger partial charge < -0.3 is 0 Å². The van der Waals surface area contributed by atoms with Crippen LogP contribution in [0.2, 0.25) is 10.0 Å². The van der Waals surface area contributed by atoms with Crippen LogP contribution in [0.25, 0.3) is 10.9 Å². The number of pyridine rings is 1. The fourth-order valence-electron chi connectivity index (χ4n) is 1.34. The van der Waals surface area contributed by atoms with E-state index in [9.17, 15) is 13.2 Å². The third-order valence-electron chi connectivity index (χ3n) is 2.04. The molecule has 1 aromatic carbocycles. The average molecular weight is 266 g/mol. The molecule has 2 rings (SSSR count). The van der Waals surface area contributed by atoms with Crippen molar-refractivity contribution in [1.29, 1.82) is 0 Å². The highest BCUT2D eigenvalue weighted by Crippen LogP contribution is 2.39. The zero-order chi connectivity index (χ0) is 11.9. The minimum Gasteiger partial charge on any atom is -0.242 e. The maximum Gasteiger partial charge on any atom is 0.434 e. The number of aromatic nitrogens is 1. The molecule has 0 radical (unpaired) electrons. The monoisotopic (exact) mass is 265 g/mol. The van der Waals surface area contributed by atoms with Gasteiger partial charge in [-0.05, 0) is 6.07 Å². The van der Waals surface area contributed by atoms with Gasteiger partial charge in [0, 0.05) is 5.39 Å². The third kappa shape index (κ3) is 1.83. The van der Waals surface area contributed by atoms with Gasteiger partial charge in [-0.1, -0.05) is 41.4 Å². The van der Waals surface area contributed by atoms with E-state index in [2.05, 4.69) is 4.98 Å². The lowest BCUT2D eigenvalue weighted by Crippen LogP contribution is -2.09. The molecule has 0 amide bonds. The molecule has 16 heavy (non-hydrogen) atoms. The molecule has 1 nitrogen and oxygen atoms in total. The van der Waals surface area contributed by atoms with Crippen LogP contribution in [-0.2, 0) is 6.18 Å². The second-order valence-corrected chi connectivity index (χ2v) is 3.86. The molecule has 0 N–H and O–H groups in total. The minimum atomic E-state index is -4.61. The smallest absolute Gasteiger partial charge is 0.242 e. The van der Waals surface area contributed by atoms with Crippen molar-refractivity contribution in [2.24, 2.45) is 0 Å². The highest BCUT2D eigenvalue weighted by atomic mass is 35.5. The van der Waals surface area contributed by atoms with E-state index in [1.54, 1.807) is 18.2 Å². The van der Waals surface area contributed by atoms with E-state index in [1.807, 2.05) is 0 Å². The van der Waals surface area contributed by atoms with Crippen LogP contribution in [-0.4, -0.2) is 4.98 Å². The van der Waals surface area contributed by atoms with Crippen LogP contribution in [0.1, 0.15) is 5.69 Å². The Kier molecular flexibility index (Phi) is 2.72. The number of benzene rings is 1. The van der Waals surface area contributed by atoms with Crippen molar-refractivity contribution in [2.75, 3.05) is 0 Å². The van der Waals surface area contributed by atoms with Gasteiger partial charge >= 0.3 is 6.18 Å². The Bertz CT molecular complexity index is 551. The second kappa shape index (κ2) is 3.79. The zero-order valence-electron chi connectivity index (χ0n) is 7.65. The quantitative estimate of drug-likeness (QED) is 0.681. The zero-order valence-corrected chi connectivity index (χ0v) is 9.16. The number of nitrogens with zero attached hydrogens (tertiary/aromatic N) is 1. The van der Waals surface area contributed by atoms with Crippen molar-refractivity contribution >= 4 is 34.1 Å². The molecule has 0 aliphatic carbocycles. The normalized spacial score (nSPS) is 12.1. The molecular weight excluding hydrogens is 262 g/mol. The molecule has 1 aromatic heterocycles. The maximum atomic E-state index is 12.6. The lowest BCUT2D eigenvalue weighted by Gasteiger charge is -2.10. The summed E-state index contributed by atoms with van der Waals surface area (Å²) in [4.78, 5) is 3.47. The Morgan fingerprint density at radius 2 is 1.62 bits per heavy atom. The molecule has 0 saturated carbocycles. The SMILES string of the molecule is FC(F)(F)c1nc2ccccc2c(Cl)c1Cl. The largest absolute Gasteiger partial charge is 0.434 e. The molecule has 6 heteroatoms. The van der Waals surface area contributed by atoms with Crippen LogP contribution in [0, 0.1) is 0 Å². The molecule has 0 bridgehead atoms. The topological polar surface area (TPSA) is 12.9 Å². The first kappa shape index (κ1) is 11.5. The molecule has 1 heterocycles. The van der Waals surface area contributed by atoms with Crippen molar-refractivity contribution in [1.82, 2.24) is 4.98 Å². The van der Waals surface area contributed by atoms with Crippen LogP contribution in [0.4, 0.5) is 13.2 Å². The molecular formula is C10H4Cl2F3N. The third-order valence-corrected chi connectivity index (χ3v) is 2.90. The van der Waals surface area contributed by atoms with Gasteiger partial charge in [-0.15, -0.1) is 0 Å². The van der Waals surface area contributed by atoms with Crippen molar-refractivity contribution in [3.63, 3.8) is 0 Å². The number of rotatable bonds is 0. The van der Waals surface area contributed by atoms with Crippen molar-refractivity contribution in [3.05, 3.63) is 40.0 Å². The van der Waals surface area contributed by atoms with Gasteiger partial charge in [-0.25, -0.2) is 4.98 Å². The van der Waals surface area contributed by atoms with E-state index in [1.165, 1.54) is 6.07 Å². The maximum absolute atomic E-state index is 12.6. The first-order valence-electron chi connectivity index (χ1n) is 4.22. The Morgan fingerprint density at radius 1 is 1.00 bits per heavy atom. The van der Waals surface area contributed by atoms with Gasteiger partial charge in [0.15, 0.2) is 5.69 Å². The lowest BCUT2D eigenvalue weighted by atomic mass is 10.2. The van der Waals surface area contributed by atoms with E-state index < -0.39 is 16.9 Å². The highest BCUT2D eigenvalue weighted by Gasteiger charge is 2.36. The lowest BCUT2D eigenvalue weighted by molar-refractivity contribution is -0.140. The summed E-state index contributed by atoms with van der Waals surface area (Å²) in [7, 11) is 0. The Morgan fingerprint density at radius 3 is 2.25 bits per heavy atom. The Hall–Kier alpha value is -1.000. The first-order valence-corrected chi connectivity index (χ1v) is 4.98. The summed E-state index contributed by atoms with van der Waals surface area (Å²) in [5.41, 5.74) is -0.984. The van der Waals surface area contributed by atoms with Gasteiger partial charge in [-0.3, -0.25) is 0 Å². The number of hydrogen-bond acceptors (Lipinski definition) is 1. The predicted octanol–water partition coefficient (Wildman–Crippen LogP) is 4.56. The summed E-state index contributed by atoms with van der Waals surface area (Å²) < 4.78 is 37.7. The summed E-state index contributed by atoms with van der Waals surface area (Å²) >= 11 is 11.3. The van der Waals surface area contributed by atoms with Gasteiger partial charge in [0.1, 0.15) is 0 Å². The van der Waals surface area contributed by atoms with E-state index in [0.717, 1.165) is 0 Å². The van der Waals surface area contributed by atoms with Gasteiger partial charge in [0.05, 0.1) is 15.6 Å². The standard InChI is InChI=1S/C10H4Cl2F3N/c11-7-5-3-1-2-4-6(5)16-9(8(7)12)10(13,14)15/h1-4H. The van der Waals surface area contributed by atoms with Crippen molar-refractivity contribution in [3.8, 4) is 0 Å². The summed E-state index contributed by atoms with van der Waals surface area (Å²) in [5, 5.41) is -0.283. The Balaban J connectivity index is 2.84. The molecule has 84 valence electrons. The number of para-hydroxylation sites is 1. The summed E-state index contributed by atoms with van der Waals surface area (Å²) in [6, 6.07) is 6.25. The minimum absolute atomic E-state index is 0.125. The average Bonchev–Trinajstić information content (AvgIpc) is 2.22. The molecule has 0 fully saturated rings. The highest BCUT2D eigenvalue weighted by molar-refractivity contribution is 6.45. The number of alkyl halides is 3. The molecule has 0 saturated heterocycles. The van der Waals surface area contributed by atoms with Crippen molar-refractivity contribution in [2.45, 2.75) is 6.18 Å². The van der Waals surface area contributed by atoms with E-state index in [4.69, 9.17) is 23.2 Å². The van der Waals surface area contributed by atoms with Gasteiger partial charge in [-0.2, -0.15) is 13.2 Å². The number of fused-ring (bicyclic) bond motifs is 1. The Labute approximate surface area is 98.8 Å². The molecule has 0 spiro atoms. The summed E-state index contributed by atoms with van der Waals surface area (Å²) in [6.07, 6.45) is -4.61. The molecule has 0 atom stereocenters. The molecule has 2 aromatic rings. The number of halogens is 5. The first-order chi connectivity index (χ1) is 7.41. The van der Waals surface area contributed by atoms with Crippen molar-refractivity contribution < 1.29 is 13.2 Å². The van der Waals surface area contributed by atoms with Crippen LogP contribution in [0.5, 0.6) is 0 Å². The van der Waals surface area contributed by atoms with Crippen LogP contribution in [0.15, 0.2) is 24.3 Å². The molecule has 0 unspecified atom stereocenters. The number of hydrogen-bond donors (Lipinski definition) is 0. The summed E-state index contributed by atoms with van der Waals surface area (Å²) in [6.45, 7) is 0. The predicted molar refractivity (Wildman–Crippen MR) is 56.8 cm³/mol. The van der Waals surface area contributed by atoms with E-state index in [-0.39, 0.29) is 10.5 Å². The summed E-state index contributed by atoms with van der Waals surface area (Å²) in [5.74, 6) is 0. The van der Waals surface area contributed by atoms with Crippen LogP contribution < -0.4 is 0 Å².